The zero-order valence-corrected chi connectivity index (χ0v) is 15.0. The Labute approximate surface area is 157 Å². The zero-order chi connectivity index (χ0) is 19.1. The Morgan fingerprint density at radius 3 is 2.23 bits per heavy atom. The van der Waals surface area contributed by atoms with Crippen molar-refractivity contribution in [2.75, 3.05) is 5.32 Å². The van der Waals surface area contributed by atoms with E-state index < -0.39 is 10.1 Å². The van der Waals surface area contributed by atoms with Crippen LogP contribution >= 0.6 is 23.2 Å². The largest absolute Gasteiger partial charge is 0.358 e. The molecule has 0 aliphatic rings. The van der Waals surface area contributed by atoms with Crippen molar-refractivity contribution in [1.29, 1.82) is 10.5 Å². The third-order valence-electron chi connectivity index (χ3n) is 3.60. The van der Waals surface area contributed by atoms with E-state index in [9.17, 15) is 13.0 Å². The minimum absolute atomic E-state index is 0.122. The molecule has 3 N–H and O–H groups in total. The summed E-state index contributed by atoms with van der Waals surface area (Å²) in [6.07, 6.45) is 1.20. The summed E-state index contributed by atoms with van der Waals surface area (Å²) in [5.74, 6) is 0. The molecule has 7 nitrogen and oxygen atoms in total. The quantitative estimate of drug-likeness (QED) is 0.440. The number of hydrogen-bond donors (Lipinski definition) is 3. The summed E-state index contributed by atoms with van der Waals surface area (Å²) in [5, 5.41) is 21.9. The number of H-pyrrole nitrogens is 1. The molecule has 0 aliphatic carbocycles. The molecule has 0 saturated carbocycles. The van der Waals surface area contributed by atoms with E-state index in [0.717, 1.165) is 6.07 Å². The van der Waals surface area contributed by atoms with Gasteiger partial charge in [-0.1, -0.05) is 23.2 Å². The second kappa shape index (κ2) is 6.52. The van der Waals surface area contributed by atoms with E-state index in [2.05, 4.69) is 10.3 Å². The predicted molar refractivity (Wildman–Crippen MR) is 98.6 cm³/mol. The number of fused-ring (bicyclic) bond motifs is 3. The molecule has 0 fully saturated rings. The van der Waals surface area contributed by atoms with Crippen molar-refractivity contribution in [3.63, 3.8) is 0 Å². The number of rotatable bonds is 3. The van der Waals surface area contributed by atoms with Crippen LogP contribution in [-0.2, 0) is 10.1 Å². The molecule has 130 valence electrons. The molecule has 0 unspecified atom stereocenters. The molecule has 0 amide bonds. The predicted octanol–water partition coefficient (Wildman–Crippen LogP) is 4.22. The Morgan fingerprint density at radius 2 is 1.65 bits per heavy atom. The highest BCUT2D eigenvalue weighted by Crippen LogP contribution is 2.37. The Morgan fingerprint density at radius 1 is 1.08 bits per heavy atom. The highest BCUT2D eigenvalue weighted by atomic mass is 35.5. The second-order valence-corrected chi connectivity index (χ2v) is 7.49. The van der Waals surface area contributed by atoms with E-state index in [0.29, 0.717) is 27.0 Å². The molecule has 0 aliphatic heterocycles. The van der Waals surface area contributed by atoms with E-state index in [1.165, 1.54) is 18.3 Å². The summed E-state index contributed by atoms with van der Waals surface area (Å²) < 4.78 is 32.8. The van der Waals surface area contributed by atoms with Crippen molar-refractivity contribution in [2.45, 2.75) is 4.90 Å². The number of benzene rings is 2. The summed E-state index contributed by atoms with van der Waals surface area (Å²) >= 11 is 12.1. The number of nitriles is 2. The smallest absolute Gasteiger partial charge is 0.296 e. The van der Waals surface area contributed by atoms with Gasteiger partial charge in [-0.25, -0.2) is 0 Å². The number of nitrogens with one attached hydrogen (secondary N) is 2. The van der Waals surface area contributed by atoms with Crippen LogP contribution in [0.25, 0.3) is 21.8 Å². The first-order valence-corrected chi connectivity index (χ1v) is 9.13. The van der Waals surface area contributed by atoms with Gasteiger partial charge in [-0.2, -0.15) is 18.9 Å². The maximum atomic E-state index is 11.7. The Hall–Kier alpha value is -2.75. The maximum Gasteiger partial charge on any atom is 0.296 e. The Balaban J connectivity index is 2.37. The molecule has 3 aromatic rings. The van der Waals surface area contributed by atoms with Crippen molar-refractivity contribution >= 4 is 60.8 Å². The van der Waals surface area contributed by atoms with Crippen molar-refractivity contribution in [2.24, 2.45) is 0 Å². The van der Waals surface area contributed by atoms with Gasteiger partial charge in [-0.05, 0) is 24.3 Å². The molecule has 0 saturated heterocycles. The molecule has 26 heavy (non-hydrogen) atoms. The lowest BCUT2D eigenvalue weighted by Crippen LogP contribution is -1.99. The number of nitrogens with zero attached hydrogens (tertiary/aromatic N) is 2. The lowest BCUT2D eigenvalue weighted by molar-refractivity contribution is 0.484. The standard InChI is InChI=1S/C16H8Cl2N4O3S/c17-9-1-11-12-2-10(18)4-14(26(23,24)25)16(12)22-15(11)13(3-9)21-7-8(5-19)6-20/h1-4,7,21-22H,(H,23,24,25). The molecule has 10 heteroatoms. The van der Waals surface area contributed by atoms with Crippen LogP contribution in [0.2, 0.25) is 10.0 Å². The van der Waals surface area contributed by atoms with Gasteiger partial charge in [-0.15, -0.1) is 0 Å². The first kappa shape index (κ1) is 18.1. The number of allylic oxidation sites excluding steroid dienone is 1. The molecule has 0 atom stereocenters. The van der Waals surface area contributed by atoms with E-state index >= 15 is 0 Å². The normalized spacial score (nSPS) is 11.1. The first-order chi connectivity index (χ1) is 12.2. The van der Waals surface area contributed by atoms with Crippen LogP contribution in [0.15, 0.2) is 40.9 Å². The fourth-order valence-corrected chi connectivity index (χ4v) is 3.75. The number of hydrogen-bond acceptors (Lipinski definition) is 5. The molecule has 0 radical (unpaired) electrons. The summed E-state index contributed by atoms with van der Waals surface area (Å²) in [4.78, 5) is 2.55. The molecular weight excluding hydrogens is 399 g/mol. The van der Waals surface area contributed by atoms with Crippen LogP contribution in [0.1, 0.15) is 0 Å². The van der Waals surface area contributed by atoms with E-state index in [-0.39, 0.29) is 21.0 Å². The number of anilines is 1. The SMILES string of the molecule is N#CC(C#N)=CNc1cc(Cl)cc2c1[nH]c1c(S(=O)(=O)O)cc(Cl)cc12. The topological polar surface area (TPSA) is 130 Å². The van der Waals surface area contributed by atoms with Crippen molar-refractivity contribution < 1.29 is 13.0 Å². The Kier molecular flexibility index (Phi) is 4.53. The summed E-state index contributed by atoms with van der Waals surface area (Å²) in [6, 6.07) is 9.23. The van der Waals surface area contributed by atoms with Crippen LogP contribution in [0, 0.1) is 22.7 Å². The minimum Gasteiger partial charge on any atom is -0.358 e. The van der Waals surface area contributed by atoms with Gasteiger partial charge < -0.3 is 10.3 Å². The Bertz CT molecular complexity index is 1270. The molecule has 1 heterocycles. The van der Waals surface area contributed by atoms with Gasteiger partial charge in [0.1, 0.15) is 22.6 Å². The average Bonchev–Trinajstić information content (AvgIpc) is 2.92. The van der Waals surface area contributed by atoms with Crippen LogP contribution in [0.3, 0.4) is 0 Å². The lowest BCUT2D eigenvalue weighted by atomic mass is 10.1. The van der Waals surface area contributed by atoms with Crippen LogP contribution in [0.4, 0.5) is 5.69 Å². The van der Waals surface area contributed by atoms with Crippen LogP contribution in [0.5, 0.6) is 0 Å². The van der Waals surface area contributed by atoms with Gasteiger partial charge in [-0.3, -0.25) is 4.55 Å². The van der Waals surface area contributed by atoms with Crippen LogP contribution in [-0.4, -0.2) is 18.0 Å². The second-order valence-electron chi connectivity index (χ2n) is 5.23. The van der Waals surface area contributed by atoms with Crippen molar-refractivity contribution in [3.8, 4) is 12.1 Å². The monoisotopic (exact) mass is 406 g/mol. The molecule has 0 bridgehead atoms. The highest BCUT2D eigenvalue weighted by molar-refractivity contribution is 7.86. The van der Waals surface area contributed by atoms with Crippen molar-refractivity contribution in [1.82, 2.24) is 4.98 Å². The van der Waals surface area contributed by atoms with Gasteiger partial charge in [0, 0.05) is 27.0 Å². The average molecular weight is 407 g/mol. The minimum atomic E-state index is -4.52. The maximum absolute atomic E-state index is 11.7. The van der Waals surface area contributed by atoms with Gasteiger partial charge in [0.2, 0.25) is 0 Å². The third-order valence-corrected chi connectivity index (χ3v) is 4.92. The van der Waals surface area contributed by atoms with Gasteiger partial charge in [0.05, 0.1) is 16.7 Å². The zero-order valence-electron chi connectivity index (χ0n) is 12.7. The number of aromatic nitrogens is 1. The highest BCUT2D eigenvalue weighted by Gasteiger charge is 2.20. The van der Waals surface area contributed by atoms with Crippen molar-refractivity contribution in [3.05, 3.63) is 46.1 Å². The lowest BCUT2D eigenvalue weighted by Gasteiger charge is -2.04. The summed E-state index contributed by atoms with van der Waals surface area (Å²) in [7, 11) is -4.52. The fourth-order valence-electron chi connectivity index (χ4n) is 2.56. The van der Waals surface area contributed by atoms with Crippen LogP contribution < -0.4 is 5.32 Å². The molecular formula is C16H8Cl2N4O3S. The third kappa shape index (κ3) is 3.19. The molecule has 2 aromatic carbocycles. The van der Waals surface area contributed by atoms with E-state index in [4.69, 9.17) is 33.7 Å². The van der Waals surface area contributed by atoms with Gasteiger partial charge >= 0.3 is 0 Å². The summed E-state index contributed by atoms with van der Waals surface area (Å²) in [6.45, 7) is 0. The molecule has 3 rings (SSSR count). The molecule has 1 aromatic heterocycles. The number of halogens is 2. The first-order valence-electron chi connectivity index (χ1n) is 6.93. The van der Waals surface area contributed by atoms with E-state index in [1.807, 2.05) is 0 Å². The fraction of sp³-hybridized carbons (Fsp3) is 0. The molecule has 0 spiro atoms. The van der Waals surface area contributed by atoms with Gasteiger partial charge in [0.15, 0.2) is 0 Å². The number of aromatic amines is 1. The van der Waals surface area contributed by atoms with Gasteiger partial charge in [0.25, 0.3) is 10.1 Å². The van der Waals surface area contributed by atoms with E-state index in [1.54, 1.807) is 18.2 Å². The summed E-state index contributed by atoms with van der Waals surface area (Å²) in [5.41, 5.74) is 0.866.